The van der Waals surface area contributed by atoms with Gasteiger partial charge in [-0.3, -0.25) is 4.79 Å². The van der Waals surface area contributed by atoms with Crippen molar-refractivity contribution in [3.05, 3.63) is 64.4 Å². The van der Waals surface area contributed by atoms with Crippen molar-refractivity contribution in [3.8, 4) is 0 Å². The van der Waals surface area contributed by atoms with Gasteiger partial charge in [-0.1, -0.05) is 18.5 Å². The van der Waals surface area contributed by atoms with Crippen LogP contribution in [0.3, 0.4) is 0 Å². The van der Waals surface area contributed by atoms with Crippen molar-refractivity contribution in [2.24, 2.45) is 0 Å². The predicted molar refractivity (Wildman–Crippen MR) is 102 cm³/mol. The molecule has 27 heavy (non-hydrogen) atoms. The molecule has 0 saturated carbocycles. The molecule has 0 atom stereocenters. The summed E-state index contributed by atoms with van der Waals surface area (Å²) < 4.78 is 28.7. The number of fused-ring (bicyclic) bond motifs is 1. The third-order valence-corrected chi connectivity index (χ3v) is 4.62. The first kappa shape index (κ1) is 19.3. The number of rotatable bonds is 6. The number of aryl methyl sites for hydroxylation is 1. The van der Waals surface area contributed by atoms with Crippen LogP contribution in [0.25, 0.3) is 11.0 Å². The van der Waals surface area contributed by atoms with Gasteiger partial charge in [0, 0.05) is 23.7 Å². The zero-order valence-corrected chi connectivity index (χ0v) is 15.9. The van der Waals surface area contributed by atoms with Crippen molar-refractivity contribution in [1.82, 2.24) is 14.5 Å². The number of benzene rings is 2. The number of carbonyl (C=O) groups excluding carboxylic acids is 1. The van der Waals surface area contributed by atoms with Crippen molar-refractivity contribution >= 4 is 28.5 Å². The van der Waals surface area contributed by atoms with Crippen LogP contribution in [0.2, 0.25) is 5.02 Å². The fourth-order valence-electron chi connectivity index (χ4n) is 3.12. The van der Waals surface area contributed by atoms with Crippen LogP contribution in [0.1, 0.15) is 36.5 Å². The smallest absolute Gasteiger partial charge is 0.254 e. The van der Waals surface area contributed by atoms with Gasteiger partial charge in [-0.25, -0.2) is 13.8 Å². The summed E-state index contributed by atoms with van der Waals surface area (Å²) in [6.45, 7) is 5.36. The van der Waals surface area contributed by atoms with Gasteiger partial charge >= 0.3 is 0 Å². The van der Waals surface area contributed by atoms with E-state index in [4.69, 9.17) is 11.6 Å². The number of imidazole rings is 1. The molecule has 0 unspecified atom stereocenters. The molecule has 2 aromatic carbocycles. The Labute approximate surface area is 161 Å². The van der Waals surface area contributed by atoms with E-state index in [2.05, 4.69) is 4.98 Å². The average Bonchev–Trinajstić information content (AvgIpc) is 2.99. The van der Waals surface area contributed by atoms with Crippen molar-refractivity contribution in [1.29, 1.82) is 0 Å². The highest BCUT2D eigenvalue weighted by molar-refractivity contribution is 6.31. The quantitative estimate of drug-likeness (QED) is 0.590. The van der Waals surface area contributed by atoms with Crippen LogP contribution in [-0.2, 0) is 13.1 Å². The Morgan fingerprint density at radius 3 is 2.59 bits per heavy atom. The summed E-state index contributed by atoms with van der Waals surface area (Å²) in [6.07, 6.45) is 0.730. The highest BCUT2D eigenvalue weighted by Crippen LogP contribution is 2.22. The second kappa shape index (κ2) is 8.05. The predicted octanol–water partition coefficient (Wildman–Crippen LogP) is 5.04. The summed E-state index contributed by atoms with van der Waals surface area (Å²) in [5.74, 6) is -1.64. The number of halogens is 3. The van der Waals surface area contributed by atoms with Crippen molar-refractivity contribution < 1.29 is 13.6 Å². The van der Waals surface area contributed by atoms with E-state index in [1.54, 1.807) is 11.0 Å². The summed E-state index contributed by atoms with van der Waals surface area (Å²) in [4.78, 5) is 19.1. The fraction of sp³-hybridized carbons (Fsp3) is 0.300. The second-order valence-electron chi connectivity index (χ2n) is 6.26. The molecule has 0 saturated heterocycles. The second-order valence-corrected chi connectivity index (χ2v) is 6.70. The minimum atomic E-state index is -1.03. The number of hydrogen-bond acceptors (Lipinski definition) is 2. The molecule has 3 aromatic rings. The van der Waals surface area contributed by atoms with Gasteiger partial charge in [-0.15, -0.1) is 0 Å². The van der Waals surface area contributed by atoms with Crippen LogP contribution in [0.15, 0.2) is 36.4 Å². The molecule has 0 fully saturated rings. The fourth-order valence-corrected chi connectivity index (χ4v) is 3.29. The molecule has 1 aromatic heterocycles. The molecule has 0 aliphatic carbocycles. The van der Waals surface area contributed by atoms with Crippen molar-refractivity contribution in [3.63, 3.8) is 0 Å². The van der Waals surface area contributed by atoms with E-state index in [9.17, 15) is 13.6 Å². The lowest BCUT2D eigenvalue weighted by atomic mass is 10.2. The number of hydrogen-bond donors (Lipinski definition) is 0. The zero-order valence-electron chi connectivity index (χ0n) is 15.2. The minimum Gasteiger partial charge on any atom is -0.331 e. The van der Waals surface area contributed by atoms with Gasteiger partial charge in [0.05, 0.1) is 17.6 Å². The van der Waals surface area contributed by atoms with Crippen LogP contribution < -0.4 is 0 Å². The molecule has 142 valence electrons. The van der Waals surface area contributed by atoms with Crippen LogP contribution in [0.5, 0.6) is 0 Å². The number of amides is 1. The molecule has 0 radical (unpaired) electrons. The summed E-state index contributed by atoms with van der Waals surface area (Å²) in [7, 11) is 0. The summed E-state index contributed by atoms with van der Waals surface area (Å²) in [6, 6.07) is 8.66. The van der Waals surface area contributed by atoms with E-state index in [1.807, 2.05) is 30.5 Å². The summed E-state index contributed by atoms with van der Waals surface area (Å²) >= 11 is 6.10. The van der Waals surface area contributed by atoms with E-state index in [0.29, 0.717) is 18.1 Å². The molecule has 4 nitrogen and oxygen atoms in total. The number of nitrogens with zero attached hydrogens (tertiary/aromatic N) is 3. The molecule has 0 bridgehead atoms. The first-order valence-electron chi connectivity index (χ1n) is 8.83. The Morgan fingerprint density at radius 1 is 1.15 bits per heavy atom. The molecule has 0 N–H and O–H groups in total. The third-order valence-electron chi connectivity index (χ3n) is 4.39. The largest absolute Gasteiger partial charge is 0.331 e. The molecule has 0 spiro atoms. The average molecular weight is 392 g/mol. The maximum absolute atomic E-state index is 13.5. The monoisotopic (exact) mass is 391 g/mol. The van der Waals surface area contributed by atoms with Gasteiger partial charge in [0.15, 0.2) is 11.6 Å². The molecule has 1 heterocycles. The van der Waals surface area contributed by atoms with E-state index >= 15 is 0 Å². The Kier molecular flexibility index (Phi) is 5.75. The number of aromatic nitrogens is 2. The van der Waals surface area contributed by atoms with Crippen molar-refractivity contribution in [2.45, 2.75) is 33.4 Å². The standard InChI is InChI=1S/C20H20ClF2N3O/c1-3-9-25(20(27)13-5-7-15(22)16(23)10-13)12-19-24-17-8-6-14(21)11-18(17)26(19)4-2/h5-8,10-11H,3-4,9,12H2,1-2H3. The van der Waals surface area contributed by atoms with E-state index in [1.165, 1.54) is 6.07 Å². The Balaban J connectivity index is 1.95. The van der Waals surface area contributed by atoms with Gasteiger partial charge in [-0.2, -0.15) is 0 Å². The van der Waals surface area contributed by atoms with E-state index in [-0.39, 0.29) is 18.0 Å². The maximum atomic E-state index is 13.5. The van der Waals surface area contributed by atoms with Crippen LogP contribution in [0, 0.1) is 11.6 Å². The van der Waals surface area contributed by atoms with Gasteiger partial charge in [0.1, 0.15) is 5.82 Å². The molecular formula is C20H20ClF2N3O. The first-order valence-corrected chi connectivity index (χ1v) is 9.21. The molecular weight excluding hydrogens is 372 g/mol. The number of carbonyl (C=O) groups is 1. The van der Waals surface area contributed by atoms with E-state index < -0.39 is 11.6 Å². The summed E-state index contributed by atoms with van der Waals surface area (Å²) in [5, 5.41) is 0.618. The van der Waals surface area contributed by atoms with E-state index in [0.717, 1.165) is 35.4 Å². The van der Waals surface area contributed by atoms with Crippen molar-refractivity contribution in [2.75, 3.05) is 6.54 Å². The molecule has 3 rings (SSSR count). The lowest BCUT2D eigenvalue weighted by Gasteiger charge is -2.22. The molecule has 1 amide bonds. The van der Waals surface area contributed by atoms with Crippen LogP contribution in [0.4, 0.5) is 8.78 Å². The Hall–Kier alpha value is -2.47. The topological polar surface area (TPSA) is 38.1 Å². The zero-order chi connectivity index (χ0) is 19.6. The van der Waals surface area contributed by atoms with Gasteiger partial charge in [-0.05, 0) is 49.7 Å². The minimum absolute atomic E-state index is 0.115. The lowest BCUT2D eigenvalue weighted by molar-refractivity contribution is 0.0736. The SMILES string of the molecule is CCCN(Cc1nc2ccc(Cl)cc2n1CC)C(=O)c1ccc(F)c(F)c1. The Morgan fingerprint density at radius 2 is 1.93 bits per heavy atom. The highest BCUT2D eigenvalue weighted by atomic mass is 35.5. The highest BCUT2D eigenvalue weighted by Gasteiger charge is 2.20. The summed E-state index contributed by atoms with van der Waals surface area (Å²) in [5.41, 5.74) is 1.81. The van der Waals surface area contributed by atoms with Gasteiger partial charge in [0.25, 0.3) is 5.91 Å². The van der Waals surface area contributed by atoms with Gasteiger partial charge in [0.2, 0.25) is 0 Å². The molecule has 0 aliphatic heterocycles. The van der Waals surface area contributed by atoms with Crippen LogP contribution in [-0.4, -0.2) is 26.9 Å². The third kappa shape index (κ3) is 3.95. The lowest BCUT2D eigenvalue weighted by Crippen LogP contribution is -2.32. The maximum Gasteiger partial charge on any atom is 0.254 e. The normalized spacial score (nSPS) is 11.1. The molecule has 7 heteroatoms. The van der Waals surface area contributed by atoms with Gasteiger partial charge < -0.3 is 9.47 Å². The Bertz CT molecular complexity index is 987. The van der Waals surface area contributed by atoms with Crippen LogP contribution >= 0.6 is 11.6 Å². The molecule has 0 aliphatic rings. The first-order chi connectivity index (χ1) is 12.9.